The third-order valence-corrected chi connectivity index (χ3v) is 6.58. The van der Waals surface area contributed by atoms with Crippen molar-refractivity contribution in [2.75, 3.05) is 20.3 Å². The zero-order valence-electron chi connectivity index (χ0n) is 16.0. The molecule has 2 bridgehead atoms. The van der Waals surface area contributed by atoms with Crippen LogP contribution in [0.15, 0.2) is 24.0 Å². The molecule has 3 aliphatic rings. The number of methoxy groups -OCH3 is 1. The third-order valence-electron chi connectivity index (χ3n) is 6.58. The van der Waals surface area contributed by atoms with Crippen molar-refractivity contribution in [1.29, 1.82) is 0 Å². The van der Waals surface area contributed by atoms with Gasteiger partial charge in [0.25, 0.3) is 0 Å². The molecule has 6 unspecified atom stereocenters. The Kier molecular flexibility index (Phi) is 5.73. The molecule has 0 aromatic heterocycles. The molecule has 26 heavy (non-hydrogen) atoms. The second-order valence-corrected chi connectivity index (χ2v) is 8.29. The Morgan fingerprint density at radius 2 is 1.73 bits per heavy atom. The molecule has 3 aliphatic carbocycles. The predicted octanol–water partition coefficient (Wildman–Crippen LogP) is 3.50. The van der Waals surface area contributed by atoms with E-state index in [1.165, 1.54) is 19.6 Å². The highest BCUT2D eigenvalue weighted by Gasteiger charge is 2.56. The van der Waals surface area contributed by atoms with Gasteiger partial charge in [-0.15, -0.1) is 0 Å². The van der Waals surface area contributed by atoms with Gasteiger partial charge in [-0.05, 0) is 75.0 Å². The smallest absolute Gasteiger partial charge is 0.334 e. The van der Waals surface area contributed by atoms with Gasteiger partial charge < -0.3 is 14.2 Å². The van der Waals surface area contributed by atoms with Crippen LogP contribution < -0.4 is 0 Å². The maximum Gasteiger partial charge on any atom is 0.334 e. The number of esters is 2. The van der Waals surface area contributed by atoms with E-state index in [0.717, 1.165) is 31.1 Å². The van der Waals surface area contributed by atoms with Crippen molar-refractivity contribution in [3.8, 4) is 0 Å². The van der Waals surface area contributed by atoms with Crippen molar-refractivity contribution in [3.63, 3.8) is 0 Å². The summed E-state index contributed by atoms with van der Waals surface area (Å²) in [5, 5.41) is 0. The number of rotatable bonds is 7. The molecule has 0 aromatic rings. The molecule has 3 rings (SSSR count). The summed E-state index contributed by atoms with van der Waals surface area (Å²) >= 11 is 0. The van der Waals surface area contributed by atoms with E-state index < -0.39 is 0 Å². The maximum atomic E-state index is 11.8. The Morgan fingerprint density at radius 3 is 2.42 bits per heavy atom. The number of fused-ring (bicyclic) bond motifs is 5. The number of carbonyl (C=O) groups excluding carboxylic acids is 2. The van der Waals surface area contributed by atoms with E-state index in [9.17, 15) is 9.59 Å². The topological polar surface area (TPSA) is 61.8 Å². The molecule has 0 amide bonds. The lowest BCUT2D eigenvalue weighted by molar-refractivity contribution is -0.141. The van der Waals surface area contributed by atoms with Crippen LogP contribution in [0.4, 0.5) is 0 Å². The Labute approximate surface area is 155 Å². The summed E-state index contributed by atoms with van der Waals surface area (Å²) in [6.07, 6.45) is 6.11. The lowest BCUT2D eigenvalue weighted by atomic mass is 9.76. The normalized spacial score (nSPS) is 35.1. The van der Waals surface area contributed by atoms with Gasteiger partial charge in [0.1, 0.15) is 0 Å². The molecule has 0 radical (unpaired) electrons. The van der Waals surface area contributed by atoms with Crippen LogP contribution >= 0.6 is 0 Å². The van der Waals surface area contributed by atoms with Gasteiger partial charge in [0.05, 0.1) is 32.2 Å². The number of allylic oxidation sites excluding steroid dienone is 1. The summed E-state index contributed by atoms with van der Waals surface area (Å²) in [5.74, 6) is 3.74. The first-order valence-electron chi connectivity index (χ1n) is 9.60. The SMILES string of the molecule is C=C(C)C(=O)OCC1CC2CC1C1CC(COC(=O)C=C(C)OC)CC21. The fourth-order valence-corrected chi connectivity index (χ4v) is 5.43. The molecule has 0 heterocycles. The minimum atomic E-state index is -0.325. The maximum absolute atomic E-state index is 11.8. The van der Waals surface area contributed by atoms with Crippen LogP contribution in [0, 0.1) is 35.5 Å². The number of hydrogen-bond acceptors (Lipinski definition) is 5. The summed E-state index contributed by atoms with van der Waals surface area (Å²) in [7, 11) is 1.54. The van der Waals surface area contributed by atoms with Gasteiger partial charge in [-0.2, -0.15) is 0 Å². The van der Waals surface area contributed by atoms with Crippen LogP contribution in [-0.2, 0) is 23.8 Å². The molecule has 0 aliphatic heterocycles. The van der Waals surface area contributed by atoms with E-state index in [-0.39, 0.29) is 11.9 Å². The summed E-state index contributed by atoms with van der Waals surface area (Å²) in [5.41, 5.74) is 0.464. The van der Waals surface area contributed by atoms with Crippen LogP contribution in [0.1, 0.15) is 39.5 Å². The zero-order chi connectivity index (χ0) is 18.8. The number of ether oxygens (including phenoxy) is 3. The fraction of sp³-hybridized carbons (Fsp3) is 0.714. The highest BCUT2D eigenvalue weighted by molar-refractivity contribution is 5.86. The van der Waals surface area contributed by atoms with Gasteiger partial charge >= 0.3 is 11.9 Å². The van der Waals surface area contributed by atoms with E-state index in [2.05, 4.69) is 6.58 Å². The monoisotopic (exact) mass is 362 g/mol. The minimum Gasteiger partial charge on any atom is -0.501 e. The molecule has 3 saturated carbocycles. The highest BCUT2D eigenvalue weighted by atomic mass is 16.5. The van der Waals surface area contributed by atoms with E-state index in [4.69, 9.17) is 14.2 Å². The van der Waals surface area contributed by atoms with Crippen molar-refractivity contribution in [2.45, 2.75) is 39.5 Å². The Bertz CT molecular complexity index is 608. The van der Waals surface area contributed by atoms with Gasteiger partial charge in [0.2, 0.25) is 0 Å². The standard InChI is InChI=1S/C21H30O5/c1-12(2)21(23)26-11-16-8-15-9-18(16)19-7-14(6-17(15)19)10-25-20(22)5-13(3)24-4/h5,14-19H,1,6-11H2,2-4H3. The molecule has 0 saturated heterocycles. The summed E-state index contributed by atoms with van der Waals surface area (Å²) in [6, 6.07) is 0. The van der Waals surface area contributed by atoms with Gasteiger partial charge in [-0.3, -0.25) is 0 Å². The van der Waals surface area contributed by atoms with E-state index in [0.29, 0.717) is 48.2 Å². The molecule has 0 aromatic carbocycles. The molecule has 5 heteroatoms. The molecule has 5 nitrogen and oxygen atoms in total. The molecule has 0 N–H and O–H groups in total. The van der Waals surface area contributed by atoms with Crippen LogP contribution in [0.2, 0.25) is 0 Å². The average Bonchev–Trinajstić information content (AvgIpc) is 3.28. The largest absolute Gasteiger partial charge is 0.501 e. The average molecular weight is 362 g/mol. The first-order chi connectivity index (χ1) is 12.4. The fourth-order valence-electron chi connectivity index (χ4n) is 5.43. The van der Waals surface area contributed by atoms with Gasteiger partial charge in [0, 0.05) is 5.57 Å². The third kappa shape index (κ3) is 3.97. The Balaban J connectivity index is 1.47. The van der Waals surface area contributed by atoms with Crippen LogP contribution in [-0.4, -0.2) is 32.3 Å². The molecular formula is C21H30O5. The lowest BCUT2D eigenvalue weighted by Gasteiger charge is -2.31. The number of carbonyl (C=O) groups is 2. The first-order valence-corrected chi connectivity index (χ1v) is 9.60. The number of hydrogen-bond donors (Lipinski definition) is 0. The molecule has 6 atom stereocenters. The summed E-state index contributed by atoms with van der Waals surface area (Å²) in [6.45, 7) is 8.08. The van der Waals surface area contributed by atoms with Crippen LogP contribution in [0.5, 0.6) is 0 Å². The van der Waals surface area contributed by atoms with E-state index >= 15 is 0 Å². The van der Waals surface area contributed by atoms with Crippen molar-refractivity contribution in [1.82, 2.24) is 0 Å². The van der Waals surface area contributed by atoms with E-state index in [1.807, 2.05) is 0 Å². The predicted molar refractivity (Wildman–Crippen MR) is 96.9 cm³/mol. The summed E-state index contributed by atoms with van der Waals surface area (Å²) in [4.78, 5) is 23.4. The van der Waals surface area contributed by atoms with Crippen LogP contribution in [0.3, 0.4) is 0 Å². The summed E-state index contributed by atoms with van der Waals surface area (Å²) < 4.78 is 15.8. The highest BCUT2D eigenvalue weighted by Crippen LogP contribution is 2.62. The Morgan fingerprint density at radius 1 is 1.00 bits per heavy atom. The molecule has 0 spiro atoms. The quantitative estimate of drug-likeness (QED) is 0.394. The van der Waals surface area contributed by atoms with Crippen LogP contribution in [0.25, 0.3) is 0 Å². The van der Waals surface area contributed by atoms with Gasteiger partial charge in [-0.25, -0.2) is 9.59 Å². The van der Waals surface area contributed by atoms with Crippen molar-refractivity contribution in [2.24, 2.45) is 35.5 Å². The molecular weight excluding hydrogens is 332 g/mol. The van der Waals surface area contributed by atoms with Crippen molar-refractivity contribution < 1.29 is 23.8 Å². The Hall–Kier alpha value is -1.78. The minimum absolute atomic E-state index is 0.278. The second-order valence-electron chi connectivity index (χ2n) is 8.29. The van der Waals surface area contributed by atoms with Gasteiger partial charge in [0.15, 0.2) is 0 Å². The van der Waals surface area contributed by atoms with Gasteiger partial charge in [-0.1, -0.05) is 6.58 Å². The molecule has 144 valence electrons. The first kappa shape index (κ1) is 19.0. The molecule has 3 fully saturated rings. The van der Waals surface area contributed by atoms with E-state index in [1.54, 1.807) is 13.8 Å². The van der Waals surface area contributed by atoms with Crippen molar-refractivity contribution in [3.05, 3.63) is 24.0 Å². The zero-order valence-corrected chi connectivity index (χ0v) is 16.0. The second kappa shape index (κ2) is 7.85. The van der Waals surface area contributed by atoms with Crippen molar-refractivity contribution >= 4 is 11.9 Å². The lowest BCUT2D eigenvalue weighted by Crippen LogP contribution is -2.28.